The number of amides is 1. The summed E-state index contributed by atoms with van der Waals surface area (Å²) in [7, 11) is -6.37. The van der Waals surface area contributed by atoms with Gasteiger partial charge in [0, 0.05) is 47.9 Å². The molecule has 52 heavy (non-hydrogen) atoms. The molecule has 3 heterocycles. The minimum atomic E-state index is -4.90. The zero-order valence-electron chi connectivity index (χ0n) is 30.1. The number of hydrogen-bond donors (Lipinski definition) is 1. The van der Waals surface area contributed by atoms with E-state index in [9.17, 15) is 26.4 Å². The second-order valence-electron chi connectivity index (χ2n) is 15.3. The second-order valence-corrected chi connectivity index (χ2v) is 21.9. The Labute approximate surface area is 302 Å². The summed E-state index contributed by atoms with van der Waals surface area (Å²) in [5.41, 5.74) is 8.58. The van der Waals surface area contributed by atoms with Crippen molar-refractivity contribution < 1.29 is 39.9 Å². The number of nitrogens with zero attached hydrogens (tertiary/aromatic N) is 3. The quantitative estimate of drug-likeness (QED) is 0.115. The van der Waals surface area contributed by atoms with Crippen molar-refractivity contribution in [1.29, 1.82) is 0 Å². The van der Waals surface area contributed by atoms with Crippen molar-refractivity contribution in [1.82, 2.24) is 13.9 Å². The van der Waals surface area contributed by atoms with Crippen LogP contribution in [0.25, 0.3) is 11.0 Å². The fourth-order valence-corrected chi connectivity index (χ4v) is 10.00. The molecular weight excluding hydrogens is 717 g/mol. The second kappa shape index (κ2) is 13.5. The lowest BCUT2D eigenvalue weighted by molar-refractivity contribution is -0.274. The number of pyridine rings is 1. The third kappa shape index (κ3) is 7.18. The summed E-state index contributed by atoms with van der Waals surface area (Å²) in [5.74, 6) is -1.91. The molecular formula is C37H44F4N4O5SSi. The molecule has 1 atom stereocenters. The fourth-order valence-electron chi connectivity index (χ4n) is 7.08. The van der Waals surface area contributed by atoms with Crippen LogP contribution in [0.3, 0.4) is 0 Å². The van der Waals surface area contributed by atoms with E-state index < -0.39 is 42.2 Å². The summed E-state index contributed by atoms with van der Waals surface area (Å²) in [4.78, 5) is 19.5. The Morgan fingerprint density at radius 2 is 1.67 bits per heavy atom. The molecule has 1 aliphatic carbocycles. The van der Waals surface area contributed by atoms with E-state index in [1.54, 1.807) is 24.3 Å². The summed E-state index contributed by atoms with van der Waals surface area (Å²) < 4.78 is 95.0. The minimum Gasteiger partial charge on any atom is -0.414 e. The zero-order chi connectivity index (χ0) is 38.0. The van der Waals surface area contributed by atoms with Crippen LogP contribution >= 0.6 is 0 Å². The molecule has 2 aromatic carbocycles. The number of hydrogen-bond acceptors (Lipinski definition) is 7. The van der Waals surface area contributed by atoms with Crippen LogP contribution < -0.4 is 10.5 Å². The smallest absolute Gasteiger partial charge is 0.414 e. The van der Waals surface area contributed by atoms with Gasteiger partial charge in [-0.1, -0.05) is 38.5 Å². The number of nitrogens with two attached hydrogens (primary N) is 1. The van der Waals surface area contributed by atoms with E-state index in [0.717, 1.165) is 29.5 Å². The molecule has 2 aromatic heterocycles. The van der Waals surface area contributed by atoms with E-state index in [0.29, 0.717) is 48.7 Å². The van der Waals surface area contributed by atoms with Gasteiger partial charge in [0.25, 0.3) is 15.9 Å². The first-order valence-electron chi connectivity index (χ1n) is 17.3. The first-order valence-corrected chi connectivity index (χ1v) is 21.7. The van der Waals surface area contributed by atoms with Gasteiger partial charge in [-0.25, -0.2) is 21.8 Å². The maximum atomic E-state index is 16.1. The van der Waals surface area contributed by atoms with Gasteiger partial charge in [-0.2, -0.15) is 0 Å². The molecule has 4 aromatic rings. The van der Waals surface area contributed by atoms with Crippen molar-refractivity contribution >= 4 is 41.0 Å². The number of halogens is 4. The molecule has 1 unspecified atom stereocenters. The van der Waals surface area contributed by atoms with Crippen LogP contribution in [0.1, 0.15) is 78.7 Å². The Bertz CT molecular complexity index is 2120. The SMILES string of the molecule is Cc1ccc(S(=O)(=O)n2c3c(c4c(C5CCN(C(=O)c6ccc(OC(F)(F)F)cc6N)CC5)c(F)cnc42)CCC(O[Si](C)(C)C(C)(C)C)C3)cc1. The highest BCUT2D eigenvalue weighted by Gasteiger charge is 2.42. The fraction of sp³-hybridized carbons (Fsp3) is 0.459. The number of likely N-dealkylation sites (tertiary alicyclic amines) is 1. The molecule has 0 spiro atoms. The van der Waals surface area contributed by atoms with Crippen LogP contribution in [-0.4, -0.2) is 62.1 Å². The molecule has 1 fully saturated rings. The van der Waals surface area contributed by atoms with Gasteiger partial charge in [0.05, 0.1) is 22.8 Å². The largest absolute Gasteiger partial charge is 0.573 e. The number of anilines is 1. The van der Waals surface area contributed by atoms with Crippen LogP contribution in [0, 0.1) is 12.7 Å². The predicted octanol–water partition coefficient (Wildman–Crippen LogP) is 8.10. The predicted molar refractivity (Wildman–Crippen MR) is 193 cm³/mol. The van der Waals surface area contributed by atoms with E-state index >= 15 is 4.39 Å². The van der Waals surface area contributed by atoms with Gasteiger partial charge >= 0.3 is 6.36 Å². The first kappa shape index (κ1) is 37.8. The number of aromatic nitrogens is 2. The molecule has 1 saturated heterocycles. The highest BCUT2D eigenvalue weighted by Crippen LogP contribution is 2.44. The van der Waals surface area contributed by atoms with Crippen molar-refractivity contribution in [2.75, 3.05) is 18.8 Å². The number of rotatable bonds is 7. The minimum absolute atomic E-state index is 0.0346. The maximum absolute atomic E-state index is 16.1. The summed E-state index contributed by atoms with van der Waals surface area (Å²) in [6.45, 7) is 13.1. The number of carbonyl (C=O) groups is 1. The lowest BCUT2D eigenvalue weighted by Gasteiger charge is -2.40. The molecule has 6 rings (SSSR count). The van der Waals surface area contributed by atoms with Crippen LogP contribution in [0.2, 0.25) is 18.1 Å². The third-order valence-corrected chi connectivity index (χ3v) is 17.1. The number of piperidine rings is 1. The highest BCUT2D eigenvalue weighted by molar-refractivity contribution is 7.90. The van der Waals surface area contributed by atoms with Gasteiger partial charge in [-0.3, -0.25) is 4.79 Å². The Kier molecular flexibility index (Phi) is 9.79. The topological polar surface area (TPSA) is 117 Å². The van der Waals surface area contributed by atoms with Gasteiger partial charge in [0.2, 0.25) is 0 Å². The number of benzene rings is 2. The molecule has 0 saturated carbocycles. The summed E-state index contributed by atoms with van der Waals surface area (Å²) in [6.07, 6.45) is -1.89. The normalized spacial score (nSPS) is 17.7. The van der Waals surface area contributed by atoms with E-state index in [1.807, 2.05) is 6.92 Å². The number of alkyl halides is 3. The number of nitrogen functional groups attached to an aromatic ring is 1. The van der Waals surface area contributed by atoms with Gasteiger partial charge in [0.1, 0.15) is 11.6 Å². The van der Waals surface area contributed by atoms with Crippen molar-refractivity contribution in [2.45, 2.75) is 101 Å². The van der Waals surface area contributed by atoms with Crippen molar-refractivity contribution in [3.05, 3.63) is 82.4 Å². The van der Waals surface area contributed by atoms with Crippen molar-refractivity contribution in [3.63, 3.8) is 0 Å². The Hall–Kier alpha value is -3.95. The molecule has 2 N–H and O–H groups in total. The van der Waals surface area contributed by atoms with Gasteiger partial charge < -0.3 is 19.8 Å². The van der Waals surface area contributed by atoms with Crippen LogP contribution in [-0.2, 0) is 27.3 Å². The lowest BCUT2D eigenvalue weighted by atomic mass is 9.84. The molecule has 2 aliphatic rings. The Balaban J connectivity index is 1.36. The average Bonchev–Trinajstić information content (AvgIpc) is 3.37. The lowest BCUT2D eigenvalue weighted by Crippen LogP contribution is -2.45. The number of aryl methyl sites for hydroxylation is 2. The molecule has 1 amide bonds. The Morgan fingerprint density at radius 3 is 2.27 bits per heavy atom. The molecule has 1 aliphatic heterocycles. The molecule has 0 bridgehead atoms. The van der Waals surface area contributed by atoms with E-state index in [4.69, 9.17) is 10.2 Å². The summed E-state index contributed by atoms with van der Waals surface area (Å²) in [6, 6.07) is 9.79. The van der Waals surface area contributed by atoms with Gasteiger partial charge in [0.15, 0.2) is 14.0 Å². The monoisotopic (exact) mass is 760 g/mol. The van der Waals surface area contributed by atoms with Crippen LogP contribution in [0.4, 0.5) is 23.2 Å². The summed E-state index contributed by atoms with van der Waals surface area (Å²) >= 11 is 0. The zero-order valence-corrected chi connectivity index (χ0v) is 31.9. The standard InChI is InChI=1S/C37H44F4N4O5SSi/c1-22-7-11-26(12-8-22)51(47,48)45-31-20-25(50-52(5,6)36(2,3)4)10-14-28(31)33-32(29(38)21-43-34(33)45)23-15-17-44(18-16-23)35(46)27-13-9-24(19-30(27)42)49-37(39,40)41/h7-9,11-13,19,21,23,25H,10,14-18,20,42H2,1-6H3. The molecule has 0 radical (unpaired) electrons. The van der Waals surface area contributed by atoms with E-state index in [1.165, 1.54) is 14.9 Å². The average molecular weight is 761 g/mol. The van der Waals surface area contributed by atoms with Gasteiger partial charge in [-0.05, 0) is 86.5 Å². The van der Waals surface area contributed by atoms with Crippen molar-refractivity contribution in [2.24, 2.45) is 0 Å². The number of carbonyl (C=O) groups excluding carboxylic acids is 1. The first-order chi connectivity index (χ1) is 24.2. The van der Waals surface area contributed by atoms with Crippen molar-refractivity contribution in [3.8, 4) is 5.75 Å². The Morgan fingerprint density at radius 1 is 1.02 bits per heavy atom. The molecule has 15 heteroatoms. The number of fused-ring (bicyclic) bond motifs is 3. The van der Waals surface area contributed by atoms with Crippen LogP contribution in [0.15, 0.2) is 53.6 Å². The van der Waals surface area contributed by atoms with Crippen LogP contribution in [0.5, 0.6) is 5.75 Å². The highest BCUT2D eigenvalue weighted by atomic mass is 32.2. The number of ether oxygens (including phenoxy) is 1. The maximum Gasteiger partial charge on any atom is 0.573 e. The summed E-state index contributed by atoms with van der Waals surface area (Å²) in [5, 5.41) is 0.435. The van der Waals surface area contributed by atoms with E-state index in [2.05, 4.69) is 43.6 Å². The molecule has 280 valence electrons. The third-order valence-electron chi connectivity index (χ3n) is 10.8. The molecule has 9 nitrogen and oxygen atoms in total. The van der Waals surface area contributed by atoms with Gasteiger partial charge in [-0.15, -0.1) is 13.2 Å². The van der Waals surface area contributed by atoms with E-state index in [-0.39, 0.29) is 51.9 Å².